The van der Waals surface area contributed by atoms with Crippen LogP contribution >= 0.6 is 0 Å². The third-order valence-electron chi connectivity index (χ3n) is 2.34. The molecule has 1 amide bonds. The molecule has 5 nitrogen and oxygen atoms in total. The van der Waals surface area contributed by atoms with E-state index in [1.165, 1.54) is 0 Å². The van der Waals surface area contributed by atoms with Crippen LogP contribution in [-0.4, -0.2) is 59.9 Å². The van der Waals surface area contributed by atoms with Crippen LogP contribution in [0.1, 0.15) is 27.7 Å². The van der Waals surface area contributed by atoms with Crippen LogP contribution in [-0.2, 0) is 4.79 Å². The smallest absolute Gasteiger partial charge is 0.234 e. The van der Waals surface area contributed by atoms with Crippen LogP contribution in [0.3, 0.4) is 0 Å². The van der Waals surface area contributed by atoms with Gasteiger partial charge in [-0.05, 0) is 27.8 Å². The van der Waals surface area contributed by atoms with E-state index >= 15 is 0 Å². The Bertz CT molecular complexity index is 245. The van der Waals surface area contributed by atoms with Gasteiger partial charge in [-0.3, -0.25) is 9.69 Å². The summed E-state index contributed by atoms with van der Waals surface area (Å²) in [5.41, 5.74) is -0.814. The second-order valence-corrected chi connectivity index (χ2v) is 6.10. The van der Waals surface area contributed by atoms with Crippen molar-refractivity contribution in [1.29, 1.82) is 0 Å². The number of aliphatic hydroxyl groups is 2. The fourth-order valence-electron chi connectivity index (χ4n) is 1.56. The van der Waals surface area contributed by atoms with Crippen LogP contribution in [0.4, 0.5) is 0 Å². The van der Waals surface area contributed by atoms with E-state index in [4.69, 9.17) is 10.2 Å². The third kappa shape index (κ3) is 7.31. The lowest BCUT2D eigenvalue weighted by Gasteiger charge is -2.30. The molecule has 17 heavy (non-hydrogen) atoms. The number of likely N-dealkylation sites (N-methyl/N-ethyl adjacent to an activating group) is 1. The fraction of sp³-hybridized carbons (Fsp3) is 0.917. The minimum Gasteiger partial charge on any atom is -0.396 e. The van der Waals surface area contributed by atoms with Gasteiger partial charge in [-0.25, -0.2) is 0 Å². The van der Waals surface area contributed by atoms with Crippen molar-refractivity contribution >= 4 is 5.91 Å². The molecule has 0 aliphatic rings. The minimum atomic E-state index is -0.573. The Hall–Kier alpha value is -0.650. The van der Waals surface area contributed by atoms with E-state index in [0.717, 1.165) is 0 Å². The number of rotatable bonds is 6. The maximum atomic E-state index is 11.7. The van der Waals surface area contributed by atoms with Crippen molar-refractivity contribution in [1.82, 2.24) is 10.2 Å². The molecule has 0 aromatic heterocycles. The van der Waals surface area contributed by atoms with E-state index in [2.05, 4.69) is 5.32 Å². The summed E-state index contributed by atoms with van der Waals surface area (Å²) in [5, 5.41) is 21.2. The molecule has 0 aliphatic heterocycles. The summed E-state index contributed by atoms with van der Waals surface area (Å²) in [5.74, 6) is -0.0572. The van der Waals surface area contributed by atoms with Crippen molar-refractivity contribution in [2.45, 2.75) is 33.2 Å². The molecule has 0 radical (unpaired) electrons. The number of hydrogen-bond donors (Lipinski definition) is 3. The highest BCUT2D eigenvalue weighted by molar-refractivity contribution is 5.78. The van der Waals surface area contributed by atoms with Gasteiger partial charge in [0.1, 0.15) is 0 Å². The Morgan fingerprint density at radius 3 is 2.00 bits per heavy atom. The van der Waals surface area contributed by atoms with E-state index in [-0.39, 0.29) is 31.2 Å². The monoisotopic (exact) mass is 246 g/mol. The number of aliphatic hydroxyl groups excluding tert-OH is 2. The summed E-state index contributed by atoms with van der Waals surface area (Å²) in [7, 11) is 1.80. The summed E-state index contributed by atoms with van der Waals surface area (Å²) >= 11 is 0. The third-order valence-corrected chi connectivity index (χ3v) is 2.34. The normalized spacial score (nSPS) is 12.9. The molecule has 0 saturated heterocycles. The van der Waals surface area contributed by atoms with Crippen LogP contribution in [0.5, 0.6) is 0 Å². The van der Waals surface area contributed by atoms with Gasteiger partial charge in [-0.1, -0.05) is 6.92 Å². The number of hydrogen-bond acceptors (Lipinski definition) is 4. The molecule has 0 heterocycles. The van der Waals surface area contributed by atoms with Crippen molar-refractivity contribution in [3.05, 3.63) is 0 Å². The second kappa shape index (κ2) is 6.33. The first-order chi connectivity index (χ1) is 7.62. The summed E-state index contributed by atoms with van der Waals surface area (Å²) in [6.45, 7) is 8.09. The van der Waals surface area contributed by atoms with E-state index in [1.54, 1.807) is 18.9 Å². The molecule has 5 heteroatoms. The van der Waals surface area contributed by atoms with Gasteiger partial charge < -0.3 is 15.5 Å². The Labute approximate surface area is 104 Å². The highest BCUT2D eigenvalue weighted by atomic mass is 16.3. The Kier molecular flexibility index (Phi) is 6.09. The molecule has 0 rings (SSSR count). The first kappa shape index (κ1) is 16.4. The number of nitrogens with zero attached hydrogens (tertiary/aromatic N) is 1. The number of amides is 1. The zero-order valence-electron chi connectivity index (χ0n) is 11.6. The van der Waals surface area contributed by atoms with Gasteiger partial charge in [0.2, 0.25) is 5.91 Å². The quantitative estimate of drug-likeness (QED) is 0.608. The molecular formula is C12H26N2O3. The molecule has 0 aromatic carbocycles. The lowest BCUT2D eigenvalue weighted by Crippen LogP contribution is -2.47. The van der Waals surface area contributed by atoms with E-state index < -0.39 is 5.41 Å². The zero-order chi connectivity index (χ0) is 13.7. The van der Waals surface area contributed by atoms with Crippen LogP contribution in [0.15, 0.2) is 0 Å². The standard InChI is InChI=1S/C12H26N2O3/c1-11(2,3)13-10(17)6-14(5)7-12(4,8-15)9-16/h15-16H,6-9H2,1-5H3,(H,13,17). The van der Waals surface area contributed by atoms with E-state index in [0.29, 0.717) is 6.54 Å². The SMILES string of the molecule is CN(CC(=O)NC(C)(C)C)CC(C)(CO)CO. The average molecular weight is 246 g/mol. The Balaban J connectivity index is 4.18. The lowest BCUT2D eigenvalue weighted by molar-refractivity contribution is -0.123. The van der Waals surface area contributed by atoms with Crippen molar-refractivity contribution in [2.75, 3.05) is 33.4 Å². The molecule has 0 aliphatic carbocycles. The van der Waals surface area contributed by atoms with Crippen molar-refractivity contribution in [3.8, 4) is 0 Å². The van der Waals surface area contributed by atoms with Gasteiger partial charge >= 0.3 is 0 Å². The molecule has 0 fully saturated rings. The van der Waals surface area contributed by atoms with E-state index in [1.807, 2.05) is 20.8 Å². The van der Waals surface area contributed by atoms with Gasteiger partial charge in [-0.15, -0.1) is 0 Å². The summed E-state index contributed by atoms with van der Waals surface area (Å²) in [4.78, 5) is 13.5. The van der Waals surface area contributed by atoms with Gasteiger partial charge in [-0.2, -0.15) is 0 Å². The maximum Gasteiger partial charge on any atom is 0.234 e. The molecule has 102 valence electrons. The molecule has 0 unspecified atom stereocenters. The van der Waals surface area contributed by atoms with Gasteiger partial charge in [0.05, 0.1) is 19.8 Å². The first-order valence-corrected chi connectivity index (χ1v) is 5.83. The highest BCUT2D eigenvalue weighted by Crippen LogP contribution is 2.15. The highest BCUT2D eigenvalue weighted by Gasteiger charge is 2.25. The topological polar surface area (TPSA) is 72.8 Å². The Morgan fingerprint density at radius 1 is 1.18 bits per heavy atom. The first-order valence-electron chi connectivity index (χ1n) is 5.83. The molecule has 0 bridgehead atoms. The molecule has 0 saturated carbocycles. The Morgan fingerprint density at radius 2 is 1.65 bits per heavy atom. The lowest BCUT2D eigenvalue weighted by atomic mass is 9.92. The van der Waals surface area contributed by atoms with Crippen LogP contribution in [0.2, 0.25) is 0 Å². The number of carbonyl (C=O) groups is 1. The second-order valence-electron chi connectivity index (χ2n) is 6.10. The zero-order valence-corrected chi connectivity index (χ0v) is 11.6. The van der Waals surface area contributed by atoms with Crippen LogP contribution in [0.25, 0.3) is 0 Å². The van der Waals surface area contributed by atoms with Crippen LogP contribution in [0, 0.1) is 5.41 Å². The summed E-state index contributed by atoms with van der Waals surface area (Å²) in [6.07, 6.45) is 0. The van der Waals surface area contributed by atoms with Gasteiger partial charge in [0.25, 0.3) is 0 Å². The molecule has 0 aromatic rings. The van der Waals surface area contributed by atoms with Gasteiger partial charge in [0.15, 0.2) is 0 Å². The van der Waals surface area contributed by atoms with Crippen LogP contribution < -0.4 is 5.32 Å². The van der Waals surface area contributed by atoms with Gasteiger partial charge in [0, 0.05) is 17.5 Å². The average Bonchev–Trinajstić information content (AvgIpc) is 2.14. The molecule has 0 atom stereocenters. The fourth-order valence-corrected chi connectivity index (χ4v) is 1.56. The largest absolute Gasteiger partial charge is 0.396 e. The minimum absolute atomic E-state index is 0.0572. The summed E-state index contributed by atoms with van der Waals surface area (Å²) < 4.78 is 0. The summed E-state index contributed by atoms with van der Waals surface area (Å²) in [6, 6.07) is 0. The predicted molar refractivity (Wildman–Crippen MR) is 67.7 cm³/mol. The van der Waals surface area contributed by atoms with Crippen molar-refractivity contribution < 1.29 is 15.0 Å². The number of carbonyl (C=O) groups excluding carboxylic acids is 1. The molecule has 0 spiro atoms. The predicted octanol–water partition coefficient (Wildman–Crippen LogP) is -0.176. The van der Waals surface area contributed by atoms with Crippen molar-refractivity contribution in [3.63, 3.8) is 0 Å². The molecular weight excluding hydrogens is 220 g/mol. The van der Waals surface area contributed by atoms with Crippen molar-refractivity contribution in [2.24, 2.45) is 5.41 Å². The molecule has 3 N–H and O–H groups in total. The maximum absolute atomic E-state index is 11.7. The van der Waals surface area contributed by atoms with E-state index in [9.17, 15) is 4.79 Å². The number of nitrogens with one attached hydrogen (secondary N) is 1.